The SMILES string of the molecule is CCCC1=[C-]CC=C1.[Cl-].[Cl-].[Ti+4].c1ccc2c(c1)[cH-]c1ccccc12. The second-order valence-corrected chi connectivity index (χ2v) is 5.38. The smallest absolute Gasteiger partial charge is 1.00 e. The fourth-order valence-corrected chi connectivity index (χ4v) is 2.80. The fourth-order valence-electron chi connectivity index (χ4n) is 2.80. The molecule has 0 radical (unpaired) electrons. The first-order valence-corrected chi connectivity index (χ1v) is 7.68. The van der Waals surface area contributed by atoms with E-state index in [1.54, 1.807) is 0 Å². The number of halogens is 2. The standard InChI is InChI=1S/C13H9.C8H11.2ClH.Ti/c1-3-7-12-10(5-1)9-11-6-2-4-8-13(11)12;1-2-5-8-6-3-4-7-8;;;/h1-9H;3,6H,2,4-5H2,1H3;2*1H;/q2*-1;;;+4/p-2. The summed E-state index contributed by atoms with van der Waals surface area (Å²) in [7, 11) is 0. The normalized spacial score (nSPS) is 11.6. The number of fused-ring (bicyclic) bond motifs is 3. The van der Waals surface area contributed by atoms with E-state index in [9.17, 15) is 0 Å². The Kier molecular flexibility index (Phi) is 11.2. The van der Waals surface area contributed by atoms with Crippen LogP contribution in [0.2, 0.25) is 0 Å². The van der Waals surface area contributed by atoms with Gasteiger partial charge >= 0.3 is 21.7 Å². The summed E-state index contributed by atoms with van der Waals surface area (Å²) in [6.07, 6.45) is 11.1. The van der Waals surface area contributed by atoms with Gasteiger partial charge in [0.1, 0.15) is 0 Å². The van der Waals surface area contributed by atoms with E-state index in [4.69, 9.17) is 0 Å². The Bertz CT molecular complexity index is 749. The summed E-state index contributed by atoms with van der Waals surface area (Å²) in [6, 6.07) is 19.3. The van der Waals surface area contributed by atoms with Gasteiger partial charge < -0.3 is 24.8 Å². The molecule has 3 aromatic rings. The van der Waals surface area contributed by atoms with Gasteiger partial charge in [-0.1, -0.05) is 56.2 Å². The molecule has 0 atom stereocenters. The monoisotopic (exact) mass is 390 g/mol. The van der Waals surface area contributed by atoms with Crippen LogP contribution in [0, 0.1) is 6.08 Å². The Morgan fingerprint density at radius 2 is 1.46 bits per heavy atom. The van der Waals surface area contributed by atoms with E-state index in [0.29, 0.717) is 0 Å². The molecule has 0 fully saturated rings. The van der Waals surface area contributed by atoms with E-state index < -0.39 is 0 Å². The van der Waals surface area contributed by atoms with Gasteiger partial charge in [0.15, 0.2) is 0 Å². The van der Waals surface area contributed by atoms with Crippen molar-refractivity contribution in [2.75, 3.05) is 0 Å². The van der Waals surface area contributed by atoms with Gasteiger partial charge in [0.2, 0.25) is 0 Å². The van der Waals surface area contributed by atoms with Crippen LogP contribution in [-0.2, 0) is 21.7 Å². The van der Waals surface area contributed by atoms with Crippen LogP contribution in [0.5, 0.6) is 0 Å². The molecule has 1 aliphatic carbocycles. The zero-order valence-corrected chi connectivity index (χ0v) is 16.8. The number of hydrogen-bond acceptors (Lipinski definition) is 0. The molecule has 0 nitrogen and oxygen atoms in total. The van der Waals surface area contributed by atoms with Crippen molar-refractivity contribution < 1.29 is 46.5 Å². The third kappa shape index (κ3) is 5.57. The van der Waals surface area contributed by atoms with E-state index in [1.165, 1.54) is 40.0 Å². The number of benzene rings is 2. The minimum absolute atomic E-state index is 0. The maximum absolute atomic E-state index is 3.26. The van der Waals surface area contributed by atoms with Gasteiger partial charge in [0.25, 0.3) is 0 Å². The largest absolute Gasteiger partial charge is 4.00 e. The molecule has 122 valence electrons. The van der Waals surface area contributed by atoms with Gasteiger partial charge in [-0.05, 0) is 0 Å². The first-order chi connectivity index (χ1) is 10.4. The van der Waals surface area contributed by atoms with Crippen LogP contribution in [0.4, 0.5) is 0 Å². The van der Waals surface area contributed by atoms with Crippen LogP contribution in [0.3, 0.4) is 0 Å². The molecule has 0 aliphatic heterocycles. The summed E-state index contributed by atoms with van der Waals surface area (Å²) < 4.78 is 0. The molecule has 0 bridgehead atoms. The molecule has 0 unspecified atom stereocenters. The molecule has 0 amide bonds. The van der Waals surface area contributed by atoms with Crippen molar-refractivity contribution in [3.8, 4) is 0 Å². The van der Waals surface area contributed by atoms with Crippen LogP contribution < -0.4 is 24.8 Å². The van der Waals surface area contributed by atoms with E-state index in [-0.39, 0.29) is 46.5 Å². The molecule has 0 aromatic heterocycles. The number of rotatable bonds is 2. The predicted molar refractivity (Wildman–Crippen MR) is 92.5 cm³/mol. The first-order valence-electron chi connectivity index (χ1n) is 7.68. The van der Waals surface area contributed by atoms with Gasteiger partial charge in [-0.15, -0.1) is 46.2 Å². The quantitative estimate of drug-likeness (QED) is 0.433. The Labute approximate surface area is 172 Å². The van der Waals surface area contributed by atoms with Crippen molar-refractivity contribution in [3.63, 3.8) is 0 Å². The van der Waals surface area contributed by atoms with Crippen LogP contribution in [0.15, 0.2) is 72.3 Å². The maximum atomic E-state index is 3.26. The zero-order chi connectivity index (χ0) is 14.5. The third-order valence-electron chi connectivity index (χ3n) is 3.81. The molecule has 3 heteroatoms. The summed E-state index contributed by atoms with van der Waals surface area (Å²) in [5, 5.41) is 5.39. The predicted octanol–water partition coefficient (Wildman–Crippen LogP) is 0.193. The van der Waals surface area contributed by atoms with E-state index >= 15 is 0 Å². The van der Waals surface area contributed by atoms with Crippen LogP contribution in [0.1, 0.15) is 26.2 Å². The summed E-state index contributed by atoms with van der Waals surface area (Å²) in [4.78, 5) is 0. The second kappa shape index (κ2) is 11.6. The van der Waals surface area contributed by atoms with Gasteiger partial charge in [-0.2, -0.15) is 6.08 Å². The average molecular weight is 391 g/mol. The number of hydrogen-bond donors (Lipinski definition) is 0. The molecule has 0 heterocycles. The fraction of sp³-hybridized carbons (Fsp3) is 0.190. The Balaban J connectivity index is 0.000000429. The van der Waals surface area contributed by atoms with Crippen LogP contribution >= 0.6 is 0 Å². The molecule has 3 aromatic carbocycles. The van der Waals surface area contributed by atoms with Gasteiger partial charge in [-0.3, -0.25) is 6.08 Å². The molecule has 0 saturated carbocycles. The molecule has 1 aliphatic rings. The van der Waals surface area contributed by atoms with Crippen molar-refractivity contribution >= 4 is 21.5 Å². The van der Waals surface area contributed by atoms with Gasteiger partial charge in [0, 0.05) is 0 Å². The van der Waals surface area contributed by atoms with Crippen molar-refractivity contribution in [1.29, 1.82) is 0 Å². The molecular weight excluding hydrogens is 371 g/mol. The summed E-state index contributed by atoms with van der Waals surface area (Å²) in [6.45, 7) is 2.20. The third-order valence-corrected chi connectivity index (χ3v) is 3.81. The van der Waals surface area contributed by atoms with Crippen molar-refractivity contribution in [1.82, 2.24) is 0 Å². The zero-order valence-electron chi connectivity index (χ0n) is 13.7. The number of allylic oxidation sites excluding steroid dienone is 4. The topological polar surface area (TPSA) is 0 Å². The van der Waals surface area contributed by atoms with Gasteiger partial charge in [-0.25, -0.2) is 11.6 Å². The Hall–Kier alpha value is -0.916. The van der Waals surface area contributed by atoms with E-state index in [1.807, 2.05) is 0 Å². The van der Waals surface area contributed by atoms with Crippen molar-refractivity contribution in [2.24, 2.45) is 0 Å². The molecule has 0 saturated heterocycles. The van der Waals surface area contributed by atoms with Crippen LogP contribution in [0.25, 0.3) is 21.5 Å². The summed E-state index contributed by atoms with van der Waals surface area (Å²) in [5.41, 5.74) is 1.40. The van der Waals surface area contributed by atoms with E-state index in [2.05, 4.69) is 79.7 Å². The summed E-state index contributed by atoms with van der Waals surface area (Å²) in [5.74, 6) is 0. The first kappa shape index (κ1) is 23.1. The molecular formula is C21H20Cl2Ti. The molecule has 4 rings (SSSR count). The van der Waals surface area contributed by atoms with Gasteiger partial charge in [0.05, 0.1) is 0 Å². The van der Waals surface area contributed by atoms with Crippen molar-refractivity contribution in [3.05, 3.63) is 78.4 Å². The Morgan fingerprint density at radius 1 is 0.917 bits per heavy atom. The molecule has 0 spiro atoms. The Morgan fingerprint density at radius 3 is 1.92 bits per heavy atom. The second-order valence-electron chi connectivity index (χ2n) is 5.38. The minimum Gasteiger partial charge on any atom is -1.00 e. The average Bonchev–Trinajstić information content (AvgIpc) is 3.15. The summed E-state index contributed by atoms with van der Waals surface area (Å²) >= 11 is 0. The maximum Gasteiger partial charge on any atom is 4.00 e. The molecule has 24 heavy (non-hydrogen) atoms. The van der Waals surface area contributed by atoms with Crippen molar-refractivity contribution in [2.45, 2.75) is 26.2 Å². The minimum atomic E-state index is 0. The van der Waals surface area contributed by atoms with E-state index in [0.717, 1.165) is 6.42 Å². The molecule has 0 N–H and O–H groups in total. The van der Waals surface area contributed by atoms with Crippen LogP contribution in [-0.4, -0.2) is 0 Å².